The van der Waals surface area contributed by atoms with Crippen molar-refractivity contribution in [2.24, 2.45) is 5.73 Å². The van der Waals surface area contributed by atoms with Gasteiger partial charge >= 0.3 is 0 Å². The summed E-state index contributed by atoms with van der Waals surface area (Å²) in [7, 11) is 1.59. The standard InChI is InChI=1S/C8H9ClNO/c1-11-8-4-2-3-7(9)6(8)5-10/h2,4H,5,10H2,1H3. The quantitative estimate of drug-likeness (QED) is 0.732. The highest BCUT2D eigenvalue weighted by Crippen LogP contribution is 2.24. The van der Waals surface area contributed by atoms with Crippen molar-refractivity contribution >= 4 is 11.6 Å². The molecule has 0 unspecified atom stereocenters. The summed E-state index contributed by atoms with van der Waals surface area (Å²) in [6.07, 6.45) is 0. The van der Waals surface area contributed by atoms with E-state index in [4.69, 9.17) is 22.1 Å². The number of rotatable bonds is 2. The van der Waals surface area contributed by atoms with Gasteiger partial charge in [0.1, 0.15) is 5.75 Å². The van der Waals surface area contributed by atoms with Crippen LogP contribution in [0.15, 0.2) is 12.1 Å². The van der Waals surface area contributed by atoms with Gasteiger partial charge in [-0.05, 0) is 12.1 Å². The summed E-state index contributed by atoms with van der Waals surface area (Å²) >= 11 is 5.79. The van der Waals surface area contributed by atoms with E-state index in [9.17, 15) is 0 Å². The molecule has 1 aromatic carbocycles. The fraction of sp³-hybridized carbons (Fsp3) is 0.250. The van der Waals surface area contributed by atoms with Crippen molar-refractivity contribution in [3.05, 3.63) is 28.8 Å². The van der Waals surface area contributed by atoms with E-state index in [1.165, 1.54) is 0 Å². The van der Waals surface area contributed by atoms with Crippen molar-refractivity contribution in [1.29, 1.82) is 0 Å². The van der Waals surface area contributed by atoms with Crippen LogP contribution < -0.4 is 10.5 Å². The molecule has 0 spiro atoms. The second-order valence-corrected chi connectivity index (χ2v) is 2.42. The van der Waals surface area contributed by atoms with Crippen LogP contribution in [0.3, 0.4) is 0 Å². The van der Waals surface area contributed by atoms with Crippen molar-refractivity contribution in [2.45, 2.75) is 6.54 Å². The second-order valence-electron chi connectivity index (χ2n) is 2.04. The Kier molecular flexibility index (Phi) is 2.74. The van der Waals surface area contributed by atoms with Gasteiger partial charge in [0.05, 0.1) is 12.1 Å². The third-order valence-corrected chi connectivity index (χ3v) is 1.77. The first kappa shape index (κ1) is 8.37. The first-order chi connectivity index (χ1) is 5.29. The molecule has 1 rings (SSSR count). The van der Waals surface area contributed by atoms with Gasteiger partial charge in [-0.15, -0.1) is 0 Å². The molecule has 0 aliphatic rings. The molecule has 59 valence electrons. The molecular formula is C8H9ClNO. The smallest absolute Gasteiger partial charge is 0.124 e. The van der Waals surface area contributed by atoms with E-state index < -0.39 is 0 Å². The zero-order chi connectivity index (χ0) is 8.27. The van der Waals surface area contributed by atoms with Crippen molar-refractivity contribution in [3.63, 3.8) is 0 Å². The summed E-state index contributed by atoms with van der Waals surface area (Å²) in [5, 5.41) is 0.534. The van der Waals surface area contributed by atoms with E-state index in [-0.39, 0.29) is 0 Å². The molecule has 0 atom stereocenters. The van der Waals surface area contributed by atoms with Crippen LogP contribution in [-0.4, -0.2) is 7.11 Å². The molecule has 3 heteroatoms. The minimum atomic E-state index is 0.374. The molecule has 2 N–H and O–H groups in total. The van der Waals surface area contributed by atoms with E-state index in [1.54, 1.807) is 19.2 Å². The Hall–Kier alpha value is -0.730. The van der Waals surface area contributed by atoms with Crippen molar-refractivity contribution in [1.82, 2.24) is 0 Å². The number of benzene rings is 1. The molecule has 0 aliphatic heterocycles. The molecule has 0 saturated heterocycles. The SMILES string of the molecule is COc1cc[c]c(Cl)c1CN. The van der Waals surface area contributed by atoms with E-state index >= 15 is 0 Å². The van der Waals surface area contributed by atoms with E-state index in [0.717, 1.165) is 11.3 Å². The number of halogens is 1. The highest BCUT2D eigenvalue weighted by molar-refractivity contribution is 6.31. The number of ether oxygens (including phenoxy) is 1. The molecule has 1 radical (unpaired) electrons. The van der Waals surface area contributed by atoms with Crippen LogP contribution >= 0.6 is 11.6 Å². The molecule has 0 aliphatic carbocycles. The normalized spacial score (nSPS) is 9.73. The van der Waals surface area contributed by atoms with E-state index in [1.807, 2.05) is 0 Å². The Morgan fingerprint density at radius 1 is 1.73 bits per heavy atom. The Morgan fingerprint density at radius 2 is 2.45 bits per heavy atom. The molecule has 0 bridgehead atoms. The number of hydrogen-bond donors (Lipinski definition) is 1. The number of nitrogens with two attached hydrogens (primary N) is 1. The van der Waals surface area contributed by atoms with Crippen LogP contribution in [0.25, 0.3) is 0 Å². The molecule has 0 fully saturated rings. The van der Waals surface area contributed by atoms with Gasteiger partial charge in [-0.2, -0.15) is 0 Å². The Labute approximate surface area is 70.9 Å². The third-order valence-electron chi connectivity index (χ3n) is 1.43. The first-order valence-corrected chi connectivity index (χ1v) is 3.60. The Bertz CT molecular complexity index is 250. The van der Waals surface area contributed by atoms with Gasteiger partial charge in [0.25, 0.3) is 0 Å². The van der Waals surface area contributed by atoms with Crippen LogP contribution in [0, 0.1) is 6.07 Å². The molecule has 0 saturated carbocycles. The maximum absolute atomic E-state index is 5.79. The zero-order valence-corrected chi connectivity index (χ0v) is 6.98. The molecule has 11 heavy (non-hydrogen) atoms. The lowest BCUT2D eigenvalue weighted by Gasteiger charge is -2.06. The lowest BCUT2D eigenvalue weighted by atomic mass is 10.2. The predicted octanol–water partition coefficient (Wildman–Crippen LogP) is 1.61. The van der Waals surface area contributed by atoms with Crippen molar-refractivity contribution in [3.8, 4) is 5.75 Å². The van der Waals surface area contributed by atoms with Crippen LogP contribution in [0.4, 0.5) is 0 Å². The average molecular weight is 171 g/mol. The van der Waals surface area contributed by atoms with E-state index in [2.05, 4.69) is 6.07 Å². The number of methoxy groups -OCH3 is 1. The van der Waals surface area contributed by atoms with Gasteiger partial charge in [0.15, 0.2) is 0 Å². The Morgan fingerprint density at radius 3 is 2.91 bits per heavy atom. The Balaban J connectivity index is 3.13. The van der Waals surface area contributed by atoms with Crippen LogP contribution in [0.5, 0.6) is 5.75 Å². The fourth-order valence-corrected chi connectivity index (χ4v) is 1.10. The minimum Gasteiger partial charge on any atom is -0.496 e. The molecule has 2 nitrogen and oxygen atoms in total. The molecule has 0 amide bonds. The summed E-state index contributed by atoms with van der Waals surface area (Å²) < 4.78 is 5.03. The largest absolute Gasteiger partial charge is 0.496 e. The van der Waals surface area contributed by atoms with Gasteiger partial charge in [0, 0.05) is 18.2 Å². The highest BCUT2D eigenvalue weighted by atomic mass is 35.5. The van der Waals surface area contributed by atoms with Gasteiger partial charge < -0.3 is 10.5 Å². The van der Waals surface area contributed by atoms with Crippen LogP contribution in [0.1, 0.15) is 5.56 Å². The van der Waals surface area contributed by atoms with Crippen molar-refractivity contribution < 1.29 is 4.74 Å². The lowest BCUT2D eigenvalue weighted by molar-refractivity contribution is 0.410. The molecule has 0 aromatic heterocycles. The van der Waals surface area contributed by atoms with Crippen molar-refractivity contribution in [2.75, 3.05) is 7.11 Å². The monoisotopic (exact) mass is 170 g/mol. The molecule has 1 aromatic rings. The average Bonchev–Trinajstić information content (AvgIpc) is 2.04. The van der Waals surface area contributed by atoms with Crippen LogP contribution in [0.2, 0.25) is 5.02 Å². The third kappa shape index (κ3) is 1.64. The summed E-state index contributed by atoms with van der Waals surface area (Å²) in [6.45, 7) is 0.374. The molecular weight excluding hydrogens is 162 g/mol. The van der Waals surface area contributed by atoms with Gasteiger partial charge in [-0.3, -0.25) is 0 Å². The first-order valence-electron chi connectivity index (χ1n) is 3.22. The van der Waals surface area contributed by atoms with Gasteiger partial charge in [-0.25, -0.2) is 0 Å². The van der Waals surface area contributed by atoms with Gasteiger partial charge in [-0.1, -0.05) is 11.6 Å². The maximum atomic E-state index is 5.79. The van der Waals surface area contributed by atoms with Crippen LogP contribution in [-0.2, 0) is 6.54 Å². The highest BCUT2D eigenvalue weighted by Gasteiger charge is 2.03. The summed E-state index contributed by atoms with van der Waals surface area (Å²) in [5.74, 6) is 0.719. The summed E-state index contributed by atoms with van der Waals surface area (Å²) in [6, 6.07) is 6.33. The maximum Gasteiger partial charge on any atom is 0.124 e. The van der Waals surface area contributed by atoms with E-state index in [0.29, 0.717) is 11.6 Å². The minimum absolute atomic E-state index is 0.374. The number of hydrogen-bond acceptors (Lipinski definition) is 2. The molecule has 0 heterocycles. The fourth-order valence-electron chi connectivity index (χ4n) is 0.868. The topological polar surface area (TPSA) is 35.2 Å². The second kappa shape index (κ2) is 3.60. The van der Waals surface area contributed by atoms with Gasteiger partial charge in [0.2, 0.25) is 0 Å². The zero-order valence-electron chi connectivity index (χ0n) is 6.23. The predicted molar refractivity (Wildman–Crippen MR) is 44.7 cm³/mol. The lowest BCUT2D eigenvalue weighted by Crippen LogP contribution is -2.00. The summed E-state index contributed by atoms with van der Waals surface area (Å²) in [4.78, 5) is 0. The summed E-state index contributed by atoms with van der Waals surface area (Å²) in [5.41, 5.74) is 6.25.